The second-order valence-corrected chi connectivity index (χ2v) is 3.97. The van der Waals surface area contributed by atoms with Crippen LogP contribution in [0.1, 0.15) is 12.0 Å². The Morgan fingerprint density at radius 1 is 1.31 bits per heavy atom. The van der Waals surface area contributed by atoms with Crippen molar-refractivity contribution in [2.75, 3.05) is 7.11 Å². The zero-order valence-corrected chi connectivity index (χ0v) is 10.1. The third-order valence-corrected chi connectivity index (χ3v) is 2.85. The molecule has 0 radical (unpaired) electrons. The summed E-state index contributed by atoms with van der Waals surface area (Å²) in [5.41, 5.74) is 0.614. The lowest BCUT2D eigenvalue weighted by Gasteiger charge is -2.04. The van der Waals surface area contributed by atoms with Crippen molar-refractivity contribution < 1.29 is 14.3 Å². The lowest BCUT2D eigenvalue weighted by atomic mass is 10.1. The number of hydrogen-bond donors (Lipinski definition) is 0. The highest BCUT2D eigenvalue weighted by atomic mass is 35.5. The van der Waals surface area contributed by atoms with E-state index >= 15 is 0 Å². The zero-order valence-electron chi connectivity index (χ0n) is 8.63. The fourth-order valence-electron chi connectivity index (χ4n) is 1.19. The summed E-state index contributed by atoms with van der Waals surface area (Å²) in [7, 11) is 1.24. The van der Waals surface area contributed by atoms with Crippen LogP contribution in [-0.2, 0) is 20.7 Å². The molecule has 0 aliphatic carbocycles. The minimum atomic E-state index is -0.553. The van der Waals surface area contributed by atoms with Gasteiger partial charge in [0, 0.05) is 6.42 Å². The van der Waals surface area contributed by atoms with Gasteiger partial charge in [-0.3, -0.25) is 9.59 Å². The van der Waals surface area contributed by atoms with Gasteiger partial charge in [-0.15, -0.1) is 0 Å². The number of carbonyl (C=O) groups is 2. The molecule has 0 bridgehead atoms. The van der Waals surface area contributed by atoms with Gasteiger partial charge in [0.25, 0.3) is 0 Å². The van der Waals surface area contributed by atoms with E-state index in [4.69, 9.17) is 23.2 Å². The molecule has 1 aromatic carbocycles. The van der Waals surface area contributed by atoms with Gasteiger partial charge >= 0.3 is 5.97 Å². The largest absolute Gasteiger partial charge is 0.469 e. The summed E-state index contributed by atoms with van der Waals surface area (Å²) >= 11 is 11.7. The van der Waals surface area contributed by atoms with Crippen molar-refractivity contribution >= 4 is 35.0 Å². The first kappa shape index (κ1) is 13.0. The van der Waals surface area contributed by atoms with E-state index in [1.165, 1.54) is 7.11 Å². The van der Waals surface area contributed by atoms with E-state index in [9.17, 15) is 9.59 Å². The van der Waals surface area contributed by atoms with Crippen molar-refractivity contribution in [2.24, 2.45) is 0 Å². The number of hydrogen-bond acceptors (Lipinski definition) is 3. The van der Waals surface area contributed by atoms with E-state index in [2.05, 4.69) is 4.74 Å². The summed E-state index contributed by atoms with van der Waals surface area (Å²) in [4.78, 5) is 22.3. The maximum Gasteiger partial charge on any atom is 0.313 e. The van der Waals surface area contributed by atoms with Crippen LogP contribution in [0.5, 0.6) is 0 Å². The molecule has 0 saturated carbocycles. The van der Waals surface area contributed by atoms with Gasteiger partial charge in [-0.1, -0.05) is 35.3 Å². The van der Waals surface area contributed by atoms with Crippen LogP contribution < -0.4 is 0 Å². The van der Waals surface area contributed by atoms with Crippen molar-refractivity contribution in [3.63, 3.8) is 0 Å². The van der Waals surface area contributed by atoms with E-state index in [0.29, 0.717) is 15.6 Å². The molecular weight excluding hydrogens is 251 g/mol. The maximum absolute atomic E-state index is 11.4. The fourth-order valence-corrected chi connectivity index (χ4v) is 1.58. The normalized spacial score (nSPS) is 9.94. The van der Waals surface area contributed by atoms with Crippen LogP contribution >= 0.6 is 23.2 Å². The SMILES string of the molecule is COC(=O)CC(=O)Cc1cccc(Cl)c1Cl. The molecule has 86 valence electrons. The minimum absolute atomic E-state index is 0.0779. The molecule has 0 aliphatic rings. The summed E-state index contributed by atoms with van der Waals surface area (Å²) in [6.45, 7) is 0. The van der Waals surface area contributed by atoms with Crippen LogP contribution in [0.2, 0.25) is 10.0 Å². The summed E-state index contributed by atoms with van der Waals surface area (Å²) < 4.78 is 4.39. The molecule has 0 amide bonds. The van der Waals surface area contributed by atoms with Gasteiger partial charge < -0.3 is 4.74 Å². The summed E-state index contributed by atoms with van der Waals surface area (Å²) in [6, 6.07) is 5.04. The number of carbonyl (C=O) groups excluding carboxylic acids is 2. The first-order chi connectivity index (χ1) is 7.54. The maximum atomic E-state index is 11.4. The van der Waals surface area contributed by atoms with Crippen LogP contribution in [-0.4, -0.2) is 18.9 Å². The monoisotopic (exact) mass is 260 g/mol. The molecule has 0 saturated heterocycles. The van der Waals surface area contributed by atoms with Crippen LogP contribution in [0.15, 0.2) is 18.2 Å². The molecule has 0 N–H and O–H groups in total. The molecule has 16 heavy (non-hydrogen) atoms. The quantitative estimate of drug-likeness (QED) is 0.618. The van der Waals surface area contributed by atoms with Crippen molar-refractivity contribution in [1.82, 2.24) is 0 Å². The first-order valence-electron chi connectivity index (χ1n) is 4.56. The number of benzene rings is 1. The number of ketones is 1. The van der Waals surface area contributed by atoms with Gasteiger partial charge in [0.1, 0.15) is 12.2 Å². The third kappa shape index (κ3) is 3.51. The van der Waals surface area contributed by atoms with Crippen LogP contribution in [0.4, 0.5) is 0 Å². The van der Waals surface area contributed by atoms with E-state index < -0.39 is 5.97 Å². The van der Waals surface area contributed by atoms with Crippen molar-refractivity contribution in [3.8, 4) is 0 Å². The third-order valence-electron chi connectivity index (χ3n) is 1.99. The van der Waals surface area contributed by atoms with Crippen LogP contribution in [0.3, 0.4) is 0 Å². The Labute approximate surface area is 103 Å². The Bertz CT molecular complexity index is 416. The van der Waals surface area contributed by atoms with Crippen LogP contribution in [0, 0.1) is 0 Å². The summed E-state index contributed by atoms with van der Waals surface area (Å²) in [5.74, 6) is -0.806. The summed E-state index contributed by atoms with van der Waals surface area (Å²) in [5, 5.41) is 0.743. The van der Waals surface area contributed by atoms with Gasteiger partial charge in [-0.25, -0.2) is 0 Å². The molecule has 0 aromatic heterocycles. The summed E-state index contributed by atoms with van der Waals surface area (Å²) in [6.07, 6.45) is -0.173. The van der Waals surface area contributed by atoms with Gasteiger partial charge in [0.05, 0.1) is 17.2 Å². The Hall–Kier alpha value is -1.06. The second kappa shape index (κ2) is 5.87. The van der Waals surface area contributed by atoms with Crippen LogP contribution in [0.25, 0.3) is 0 Å². The fraction of sp³-hybridized carbons (Fsp3) is 0.273. The predicted molar refractivity (Wildman–Crippen MR) is 61.8 cm³/mol. The highest BCUT2D eigenvalue weighted by Gasteiger charge is 2.13. The molecule has 0 unspecified atom stereocenters. The zero-order chi connectivity index (χ0) is 12.1. The van der Waals surface area contributed by atoms with Crippen molar-refractivity contribution in [1.29, 1.82) is 0 Å². The van der Waals surface area contributed by atoms with Gasteiger partial charge in [-0.05, 0) is 11.6 Å². The average molecular weight is 261 g/mol. The lowest BCUT2D eigenvalue weighted by molar-refractivity contribution is -0.143. The topological polar surface area (TPSA) is 43.4 Å². The Balaban J connectivity index is 2.70. The molecule has 0 fully saturated rings. The molecule has 1 aromatic rings. The number of methoxy groups -OCH3 is 1. The van der Waals surface area contributed by atoms with Gasteiger partial charge in [0.2, 0.25) is 0 Å². The molecule has 0 heterocycles. The Morgan fingerprint density at radius 3 is 2.62 bits per heavy atom. The Morgan fingerprint density at radius 2 is 2.00 bits per heavy atom. The molecule has 0 aliphatic heterocycles. The minimum Gasteiger partial charge on any atom is -0.469 e. The smallest absolute Gasteiger partial charge is 0.313 e. The first-order valence-corrected chi connectivity index (χ1v) is 5.31. The average Bonchev–Trinajstić information content (AvgIpc) is 2.24. The highest BCUT2D eigenvalue weighted by molar-refractivity contribution is 6.42. The van der Waals surface area contributed by atoms with E-state index in [1.807, 2.05) is 0 Å². The number of halogens is 2. The van der Waals surface area contributed by atoms with Crippen molar-refractivity contribution in [2.45, 2.75) is 12.8 Å². The lowest BCUT2D eigenvalue weighted by Crippen LogP contribution is -2.11. The number of esters is 1. The standard InChI is InChI=1S/C11H10Cl2O3/c1-16-10(15)6-8(14)5-7-3-2-4-9(12)11(7)13/h2-4H,5-6H2,1H3. The van der Waals surface area contributed by atoms with Gasteiger partial charge in [-0.2, -0.15) is 0 Å². The molecule has 0 spiro atoms. The number of ether oxygens (including phenoxy) is 1. The van der Waals surface area contributed by atoms with Gasteiger partial charge in [0.15, 0.2) is 0 Å². The van der Waals surface area contributed by atoms with E-state index in [0.717, 1.165) is 0 Å². The molecule has 0 atom stereocenters. The van der Waals surface area contributed by atoms with E-state index in [-0.39, 0.29) is 18.6 Å². The molecule has 5 heteroatoms. The number of rotatable bonds is 4. The molecule has 1 rings (SSSR count). The second-order valence-electron chi connectivity index (χ2n) is 3.18. The Kier molecular flexibility index (Phi) is 4.77. The highest BCUT2D eigenvalue weighted by Crippen LogP contribution is 2.26. The molecule has 3 nitrogen and oxygen atoms in total. The van der Waals surface area contributed by atoms with Crippen molar-refractivity contribution in [3.05, 3.63) is 33.8 Å². The molecular formula is C11H10Cl2O3. The van der Waals surface area contributed by atoms with E-state index in [1.54, 1.807) is 18.2 Å². The number of Topliss-reactive ketones (excluding diaryl/α,β-unsaturated/α-hetero) is 1. The predicted octanol–water partition coefficient (Wildman–Crippen LogP) is 2.67.